The van der Waals surface area contributed by atoms with Gasteiger partial charge in [0.2, 0.25) is 5.96 Å². The Morgan fingerprint density at radius 3 is 2.53 bits per heavy atom. The first-order valence-electron chi connectivity index (χ1n) is 4.40. The molecule has 1 aromatic heterocycles. The Hall–Kier alpha value is -1.98. The van der Waals surface area contributed by atoms with Gasteiger partial charge in [-0.1, -0.05) is 0 Å². The van der Waals surface area contributed by atoms with Crippen molar-refractivity contribution >= 4 is 17.6 Å². The largest absolute Gasteiger partial charge is 0.467 e. The molecule has 0 aromatic carbocycles. The number of aliphatic imine (C=N–C) groups is 2. The summed E-state index contributed by atoms with van der Waals surface area (Å²) in [6.07, 6.45) is 1.54. The molecule has 6 heteroatoms. The topological polar surface area (TPSA) is 93.1 Å². The van der Waals surface area contributed by atoms with Crippen LogP contribution in [0.2, 0.25) is 0 Å². The summed E-state index contributed by atoms with van der Waals surface area (Å²) >= 11 is 0. The van der Waals surface area contributed by atoms with E-state index < -0.39 is 0 Å². The van der Waals surface area contributed by atoms with Crippen molar-refractivity contribution in [2.24, 2.45) is 21.5 Å². The molecule has 0 unspecified atom stereocenters. The molecular weight excluding hydrogens is 194 g/mol. The molecule has 6 nitrogen and oxygen atoms in total. The maximum absolute atomic E-state index is 5.59. The van der Waals surface area contributed by atoms with Crippen molar-refractivity contribution in [2.75, 3.05) is 14.1 Å². The summed E-state index contributed by atoms with van der Waals surface area (Å²) < 4.78 is 5.07. The molecule has 0 fully saturated rings. The van der Waals surface area contributed by atoms with Crippen LogP contribution >= 0.6 is 0 Å². The fraction of sp³-hybridized carbons (Fsp3) is 0.333. The van der Waals surface area contributed by atoms with Crippen LogP contribution in [0.15, 0.2) is 26.7 Å². The predicted octanol–water partition coefficient (Wildman–Crippen LogP) is 0.411. The molecule has 0 aliphatic rings. The van der Waals surface area contributed by atoms with Crippen LogP contribution in [0.3, 0.4) is 0 Å². The molecule has 4 N–H and O–H groups in total. The highest BCUT2D eigenvalue weighted by atomic mass is 16.3. The lowest BCUT2D eigenvalue weighted by Gasteiger charge is -2.09. The monoisotopic (exact) mass is 209 g/mol. The summed E-state index contributed by atoms with van der Waals surface area (Å²) in [7, 11) is 3.55. The van der Waals surface area contributed by atoms with Crippen LogP contribution in [0.4, 0.5) is 5.69 Å². The molecule has 15 heavy (non-hydrogen) atoms. The van der Waals surface area contributed by atoms with Gasteiger partial charge in [-0.05, 0) is 6.92 Å². The van der Waals surface area contributed by atoms with E-state index >= 15 is 0 Å². The van der Waals surface area contributed by atoms with Gasteiger partial charge < -0.3 is 20.8 Å². The zero-order valence-electron chi connectivity index (χ0n) is 9.06. The summed E-state index contributed by atoms with van der Waals surface area (Å²) in [5.74, 6) is 1.10. The Bertz CT molecular complexity index is 391. The fourth-order valence-corrected chi connectivity index (χ4v) is 0.860. The lowest BCUT2D eigenvalue weighted by atomic mass is 10.4. The lowest BCUT2D eigenvalue weighted by Crippen LogP contribution is -2.32. The summed E-state index contributed by atoms with van der Waals surface area (Å²) in [4.78, 5) is 9.59. The van der Waals surface area contributed by atoms with E-state index in [-0.39, 0.29) is 5.96 Å². The Kier molecular flexibility index (Phi) is 3.33. The van der Waals surface area contributed by atoms with Crippen molar-refractivity contribution in [3.05, 3.63) is 18.1 Å². The maximum Gasteiger partial charge on any atom is 0.223 e. The van der Waals surface area contributed by atoms with Gasteiger partial charge >= 0.3 is 0 Å². The van der Waals surface area contributed by atoms with Crippen molar-refractivity contribution < 1.29 is 4.42 Å². The van der Waals surface area contributed by atoms with Crippen LogP contribution in [0, 0.1) is 6.92 Å². The Balaban J connectivity index is 2.86. The van der Waals surface area contributed by atoms with Crippen LogP contribution in [0.1, 0.15) is 5.76 Å². The number of furan rings is 1. The standard InChI is InChI=1S/C9H15N5O/c1-6-7(4-5-15-6)12-8(10)13-9(11)14(2)3/h4-5H,1-3H3,(H4,10,11,12,13). The Morgan fingerprint density at radius 1 is 1.40 bits per heavy atom. The van der Waals surface area contributed by atoms with E-state index in [1.54, 1.807) is 38.2 Å². The lowest BCUT2D eigenvalue weighted by molar-refractivity contribution is 0.535. The van der Waals surface area contributed by atoms with E-state index in [9.17, 15) is 0 Å². The molecule has 0 saturated carbocycles. The highest BCUT2D eigenvalue weighted by molar-refractivity contribution is 5.94. The minimum atomic E-state index is 0.103. The van der Waals surface area contributed by atoms with Crippen molar-refractivity contribution in [3.8, 4) is 0 Å². The van der Waals surface area contributed by atoms with Gasteiger partial charge in [0, 0.05) is 20.2 Å². The van der Waals surface area contributed by atoms with Crippen LogP contribution in [0.25, 0.3) is 0 Å². The van der Waals surface area contributed by atoms with Gasteiger partial charge in [-0.2, -0.15) is 4.99 Å². The number of aryl methyl sites for hydroxylation is 1. The summed E-state index contributed by atoms with van der Waals surface area (Å²) in [5, 5.41) is 0. The van der Waals surface area contributed by atoms with Crippen molar-refractivity contribution in [3.63, 3.8) is 0 Å². The molecule has 82 valence electrons. The molecule has 0 aliphatic carbocycles. The zero-order valence-corrected chi connectivity index (χ0v) is 9.06. The van der Waals surface area contributed by atoms with Crippen molar-refractivity contribution in [1.82, 2.24) is 4.90 Å². The fourth-order valence-electron chi connectivity index (χ4n) is 0.860. The second-order valence-electron chi connectivity index (χ2n) is 3.20. The third kappa shape index (κ3) is 3.01. The van der Waals surface area contributed by atoms with Gasteiger partial charge in [-0.25, -0.2) is 4.99 Å². The van der Waals surface area contributed by atoms with Gasteiger partial charge in [0.1, 0.15) is 11.4 Å². The van der Waals surface area contributed by atoms with Crippen LogP contribution in [-0.4, -0.2) is 30.9 Å². The number of hydrogen-bond acceptors (Lipinski definition) is 2. The number of guanidine groups is 2. The zero-order chi connectivity index (χ0) is 11.4. The molecule has 0 radical (unpaired) electrons. The van der Waals surface area contributed by atoms with Crippen LogP contribution in [-0.2, 0) is 0 Å². The molecule has 1 aromatic rings. The smallest absolute Gasteiger partial charge is 0.223 e. The first-order valence-corrected chi connectivity index (χ1v) is 4.40. The van der Waals surface area contributed by atoms with E-state index in [1.807, 2.05) is 0 Å². The molecule has 0 atom stereocenters. The van der Waals surface area contributed by atoms with E-state index in [4.69, 9.17) is 15.9 Å². The molecular formula is C9H15N5O. The summed E-state index contributed by atoms with van der Waals surface area (Å²) in [6.45, 7) is 1.80. The first kappa shape index (κ1) is 11.1. The minimum Gasteiger partial charge on any atom is -0.467 e. The molecule has 1 heterocycles. The van der Waals surface area contributed by atoms with Crippen molar-refractivity contribution in [2.45, 2.75) is 6.92 Å². The predicted molar refractivity (Wildman–Crippen MR) is 60.0 cm³/mol. The second kappa shape index (κ2) is 4.50. The Labute approximate surface area is 88.3 Å². The normalized spacial score (nSPS) is 13.0. The molecule has 0 saturated heterocycles. The minimum absolute atomic E-state index is 0.103. The van der Waals surface area contributed by atoms with Crippen LogP contribution < -0.4 is 11.5 Å². The highest BCUT2D eigenvalue weighted by Crippen LogP contribution is 2.18. The Morgan fingerprint density at radius 2 is 2.07 bits per heavy atom. The number of rotatable bonds is 1. The number of nitrogens with two attached hydrogens (primary N) is 2. The van der Waals surface area contributed by atoms with Crippen LogP contribution in [0.5, 0.6) is 0 Å². The molecule has 0 spiro atoms. The van der Waals surface area contributed by atoms with Gasteiger partial charge in [0.15, 0.2) is 5.96 Å². The quantitative estimate of drug-likeness (QED) is 0.517. The highest BCUT2D eigenvalue weighted by Gasteiger charge is 2.01. The van der Waals surface area contributed by atoms with E-state index in [0.717, 1.165) is 0 Å². The summed E-state index contributed by atoms with van der Waals surface area (Å²) in [5.41, 5.74) is 11.8. The number of hydrogen-bond donors (Lipinski definition) is 2. The number of nitrogens with zero attached hydrogens (tertiary/aromatic N) is 3. The van der Waals surface area contributed by atoms with Gasteiger partial charge in [-0.3, -0.25) is 0 Å². The van der Waals surface area contributed by atoms with Crippen molar-refractivity contribution in [1.29, 1.82) is 0 Å². The van der Waals surface area contributed by atoms with Gasteiger partial charge in [0.05, 0.1) is 6.26 Å². The maximum atomic E-state index is 5.59. The van der Waals surface area contributed by atoms with Gasteiger partial charge in [0.25, 0.3) is 0 Å². The van der Waals surface area contributed by atoms with Gasteiger partial charge in [-0.15, -0.1) is 0 Å². The van der Waals surface area contributed by atoms with E-state index in [1.165, 1.54) is 0 Å². The molecule has 1 rings (SSSR count). The van der Waals surface area contributed by atoms with E-state index in [2.05, 4.69) is 9.98 Å². The third-order valence-electron chi connectivity index (χ3n) is 1.75. The summed E-state index contributed by atoms with van der Waals surface area (Å²) in [6, 6.07) is 1.71. The SMILES string of the molecule is Cc1occc1N=C(N)N=C(N)N(C)C. The third-order valence-corrected chi connectivity index (χ3v) is 1.75. The first-order chi connectivity index (χ1) is 7.00. The molecule has 0 bridgehead atoms. The molecule has 0 amide bonds. The average molecular weight is 209 g/mol. The van der Waals surface area contributed by atoms with E-state index in [0.29, 0.717) is 17.4 Å². The molecule has 0 aliphatic heterocycles. The second-order valence-corrected chi connectivity index (χ2v) is 3.20. The average Bonchev–Trinajstić information content (AvgIpc) is 2.51.